The van der Waals surface area contributed by atoms with E-state index in [4.69, 9.17) is 4.98 Å². The Morgan fingerprint density at radius 1 is 1.17 bits per heavy atom. The lowest BCUT2D eigenvalue weighted by molar-refractivity contribution is -0.137. The summed E-state index contributed by atoms with van der Waals surface area (Å²) in [5.41, 5.74) is 0.337. The number of likely N-dealkylation sites (tertiary alicyclic amines) is 1. The highest BCUT2D eigenvalue weighted by atomic mass is 19.4. The molecule has 29 heavy (non-hydrogen) atoms. The van der Waals surface area contributed by atoms with Gasteiger partial charge >= 0.3 is 12.3 Å². The Hall–Kier alpha value is -2.51. The third-order valence-corrected chi connectivity index (χ3v) is 5.63. The van der Waals surface area contributed by atoms with Crippen molar-refractivity contribution >= 4 is 6.09 Å². The first-order valence-corrected chi connectivity index (χ1v) is 9.58. The topological polar surface area (TPSA) is 58.4 Å². The van der Waals surface area contributed by atoms with Gasteiger partial charge in [0.05, 0.1) is 11.3 Å². The maximum absolute atomic E-state index is 12.8. The van der Waals surface area contributed by atoms with E-state index < -0.39 is 17.8 Å². The fraction of sp³-hybridized carbons (Fsp3) is 0.524. The van der Waals surface area contributed by atoms with Gasteiger partial charge < -0.3 is 14.6 Å². The van der Waals surface area contributed by atoms with Crippen LogP contribution >= 0.6 is 0 Å². The summed E-state index contributed by atoms with van der Waals surface area (Å²) in [5.74, 6) is 0.919. The van der Waals surface area contributed by atoms with Crippen LogP contribution in [0.5, 0.6) is 0 Å². The molecule has 2 heterocycles. The van der Waals surface area contributed by atoms with Crippen molar-refractivity contribution in [1.82, 2.24) is 14.5 Å². The van der Waals surface area contributed by atoms with Crippen molar-refractivity contribution in [1.29, 1.82) is 0 Å². The number of carbonyl (C=O) groups is 1. The van der Waals surface area contributed by atoms with E-state index in [0.29, 0.717) is 30.6 Å². The molecule has 8 heteroatoms. The van der Waals surface area contributed by atoms with Gasteiger partial charge in [0.1, 0.15) is 5.82 Å². The Bertz CT molecular complexity index is 882. The van der Waals surface area contributed by atoms with Crippen LogP contribution in [-0.2, 0) is 13.2 Å². The first kappa shape index (κ1) is 21.2. The molecule has 0 spiro atoms. The number of hydrogen-bond donors (Lipinski definition) is 1. The molecule has 1 aromatic carbocycles. The molecule has 2 atom stereocenters. The summed E-state index contributed by atoms with van der Waals surface area (Å²) in [6, 6.07) is 4.85. The highest BCUT2D eigenvalue weighted by molar-refractivity contribution is 5.66. The number of aromatic nitrogens is 2. The van der Waals surface area contributed by atoms with Gasteiger partial charge in [0.2, 0.25) is 0 Å². The minimum absolute atomic E-state index is 0.0861. The number of hydrogen-bond acceptors (Lipinski definition) is 2. The molecule has 2 unspecified atom stereocenters. The minimum atomic E-state index is -4.37. The largest absolute Gasteiger partial charge is 0.465 e. The van der Waals surface area contributed by atoms with Gasteiger partial charge in [-0.15, -0.1) is 0 Å². The van der Waals surface area contributed by atoms with Crippen LogP contribution in [0.2, 0.25) is 0 Å². The highest BCUT2D eigenvalue weighted by Gasteiger charge is 2.40. The molecule has 1 saturated heterocycles. The molecule has 1 fully saturated rings. The second-order valence-electron chi connectivity index (χ2n) is 8.75. The molecular formula is C21H26F3N3O2. The van der Waals surface area contributed by atoms with E-state index >= 15 is 0 Å². The Labute approximate surface area is 168 Å². The number of imidazole rings is 1. The molecule has 1 N–H and O–H groups in total. The summed E-state index contributed by atoms with van der Waals surface area (Å²) in [5, 5.41) is 9.54. The highest BCUT2D eigenvalue weighted by Crippen LogP contribution is 2.39. The van der Waals surface area contributed by atoms with E-state index in [-0.39, 0.29) is 17.4 Å². The van der Waals surface area contributed by atoms with Crippen LogP contribution in [0.3, 0.4) is 0 Å². The summed E-state index contributed by atoms with van der Waals surface area (Å²) in [7, 11) is 1.87. The number of piperidine rings is 1. The monoisotopic (exact) mass is 409 g/mol. The molecule has 0 aliphatic carbocycles. The summed E-state index contributed by atoms with van der Waals surface area (Å²) in [6.07, 6.45) is -2.14. The first-order chi connectivity index (χ1) is 13.4. The van der Waals surface area contributed by atoms with E-state index in [0.717, 1.165) is 18.0 Å². The van der Waals surface area contributed by atoms with Crippen LogP contribution < -0.4 is 0 Å². The van der Waals surface area contributed by atoms with Gasteiger partial charge in [-0.25, -0.2) is 9.78 Å². The van der Waals surface area contributed by atoms with Gasteiger partial charge in [-0.1, -0.05) is 32.9 Å². The van der Waals surface area contributed by atoms with Crippen molar-refractivity contribution in [3.63, 3.8) is 0 Å². The van der Waals surface area contributed by atoms with Gasteiger partial charge in [-0.05, 0) is 30.4 Å². The second kappa shape index (κ2) is 7.39. The number of benzene rings is 1. The molecule has 1 aromatic heterocycles. The predicted octanol–water partition coefficient (Wildman–Crippen LogP) is 5.38. The smallest absolute Gasteiger partial charge is 0.416 e. The lowest BCUT2D eigenvalue weighted by Gasteiger charge is -2.44. The van der Waals surface area contributed by atoms with Crippen LogP contribution in [0.15, 0.2) is 30.5 Å². The molecule has 158 valence electrons. The van der Waals surface area contributed by atoms with E-state index in [1.807, 2.05) is 38.6 Å². The number of alkyl halides is 3. The van der Waals surface area contributed by atoms with Gasteiger partial charge in [-0.3, -0.25) is 0 Å². The van der Waals surface area contributed by atoms with Crippen molar-refractivity contribution in [2.45, 2.75) is 51.7 Å². The zero-order chi connectivity index (χ0) is 21.6. The number of halogens is 3. The summed E-state index contributed by atoms with van der Waals surface area (Å²) in [6.45, 7) is 6.52. The third-order valence-electron chi connectivity index (χ3n) is 5.63. The van der Waals surface area contributed by atoms with Crippen LogP contribution in [0.25, 0.3) is 11.3 Å². The average molecular weight is 409 g/mol. The van der Waals surface area contributed by atoms with Gasteiger partial charge in [0, 0.05) is 37.3 Å². The second-order valence-corrected chi connectivity index (χ2v) is 8.75. The lowest BCUT2D eigenvalue weighted by atomic mass is 9.77. The fourth-order valence-electron chi connectivity index (χ4n) is 4.08. The van der Waals surface area contributed by atoms with E-state index in [2.05, 4.69) is 0 Å². The third kappa shape index (κ3) is 4.41. The Morgan fingerprint density at radius 2 is 1.79 bits per heavy atom. The van der Waals surface area contributed by atoms with Crippen LogP contribution in [0, 0.1) is 5.41 Å². The fourth-order valence-corrected chi connectivity index (χ4v) is 4.08. The number of aryl methyl sites for hydroxylation is 1. The lowest BCUT2D eigenvalue weighted by Crippen LogP contribution is -2.51. The Balaban J connectivity index is 1.86. The van der Waals surface area contributed by atoms with Crippen molar-refractivity contribution < 1.29 is 23.1 Å². The predicted molar refractivity (Wildman–Crippen MR) is 104 cm³/mol. The summed E-state index contributed by atoms with van der Waals surface area (Å²) in [4.78, 5) is 17.8. The zero-order valence-corrected chi connectivity index (χ0v) is 17.0. The SMILES string of the molecule is Cn1cc(-c2ccc(C(F)(F)F)cc2)nc1C1CCN(C(=O)O)C(C(C)(C)C)C1. The molecule has 0 bridgehead atoms. The molecular weight excluding hydrogens is 383 g/mol. The van der Waals surface area contributed by atoms with Crippen molar-refractivity contribution in [2.75, 3.05) is 6.54 Å². The van der Waals surface area contributed by atoms with E-state index in [1.165, 1.54) is 17.0 Å². The molecule has 1 aliphatic heterocycles. The van der Waals surface area contributed by atoms with E-state index in [1.54, 1.807) is 0 Å². The standard InChI is InChI=1S/C21H26F3N3O2/c1-20(2,3)17-11-14(9-10-27(17)19(28)29)18-25-16(12-26(18)4)13-5-7-15(8-6-13)21(22,23)24/h5-8,12,14,17H,9-11H2,1-4H3,(H,28,29). The Kier molecular flexibility index (Phi) is 5.40. The number of nitrogens with zero attached hydrogens (tertiary/aromatic N) is 3. The van der Waals surface area contributed by atoms with Crippen LogP contribution in [-0.4, -0.2) is 38.2 Å². The Morgan fingerprint density at radius 3 is 2.31 bits per heavy atom. The van der Waals surface area contributed by atoms with Crippen molar-refractivity contribution in [3.8, 4) is 11.3 Å². The number of amides is 1. The number of rotatable bonds is 2. The summed E-state index contributed by atoms with van der Waals surface area (Å²) >= 11 is 0. The number of carboxylic acid groups (broad SMARTS) is 1. The normalized spacial score (nSPS) is 20.7. The van der Waals surface area contributed by atoms with Gasteiger partial charge in [-0.2, -0.15) is 13.2 Å². The molecule has 5 nitrogen and oxygen atoms in total. The average Bonchev–Trinajstić information content (AvgIpc) is 3.01. The van der Waals surface area contributed by atoms with Crippen LogP contribution in [0.4, 0.5) is 18.0 Å². The van der Waals surface area contributed by atoms with Gasteiger partial charge in [0.15, 0.2) is 0 Å². The first-order valence-electron chi connectivity index (χ1n) is 9.58. The van der Waals surface area contributed by atoms with E-state index in [9.17, 15) is 23.1 Å². The molecule has 1 amide bonds. The molecule has 0 saturated carbocycles. The van der Waals surface area contributed by atoms with Gasteiger partial charge in [0.25, 0.3) is 0 Å². The minimum Gasteiger partial charge on any atom is -0.465 e. The van der Waals surface area contributed by atoms with Crippen LogP contribution in [0.1, 0.15) is 50.9 Å². The maximum atomic E-state index is 12.8. The quantitative estimate of drug-likeness (QED) is 0.725. The molecule has 2 aromatic rings. The summed E-state index contributed by atoms with van der Waals surface area (Å²) < 4.78 is 40.3. The molecule has 1 aliphatic rings. The van der Waals surface area contributed by atoms with Crippen molar-refractivity contribution in [2.24, 2.45) is 12.5 Å². The molecule has 0 radical (unpaired) electrons. The molecule has 3 rings (SSSR count). The zero-order valence-electron chi connectivity index (χ0n) is 17.0. The van der Waals surface area contributed by atoms with Crippen molar-refractivity contribution in [3.05, 3.63) is 41.9 Å². The maximum Gasteiger partial charge on any atom is 0.416 e.